The van der Waals surface area contributed by atoms with Crippen LogP contribution in [0.25, 0.3) is 71.6 Å². The van der Waals surface area contributed by atoms with E-state index in [0.29, 0.717) is 0 Å². The van der Waals surface area contributed by atoms with Gasteiger partial charge >= 0.3 is 0 Å². The predicted octanol–water partition coefficient (Wildman–Crippen LogP) is 11.3. The van der Waals surface area contributed by atoms with Crippen LogP contribution in [0, 0.1) is 0 Å². The minimum absolute atomic E-state index is 0.946. The van der Waals surface area contributed by atoms with Gasteiger partial charge in [-0.1, -0.05) is 128 Å². The van der Waals surface area contributed by atoms with E-state index < -0.39 is 0 Å². The number of hydrogen-bond acceptors (Lipinski definition) is 1. The molecule has 1 heterocycles. The van der Waals surface area contributed by atoms with Crippen molar-refractivity contribution in [2.24, 2.45) is 0 Å². The van der Waals surface area contributed by atoms with Crippen LogP contribution in [-0.2, 0) is 6.42 Å². The molecule has 8 aromatic rings. The summed E-state index contributed by atoms with van der Waals surface area (Å²) in [5, 5.41) is 5.08. The molecule has 2 nitrogen and oxygen atoms in total. The third-order valence-electron chi connectivity index (χ3n) is 8.71. The SMILES string of the molecule is CCCc1nc2ccccc2n1-c1ccc(-c2ccc3c(-c4ccccc4)c4ccccc4c(-c4ccccc4)c3c2)cc1. The van der Waals surface area contributed by atoms with Gasteiger partial charge in [0.05, 0.1) is 11.0 Å². The van der Waals surface area contributed by atoms with E-state index in [4.69, 9.17) is 4.98 Å². The third-order valence-corrected chi connectivity index (χ3v) is 8.71. The van der Waals surface area contributed by atoms with Crippen molar-refractivity contribution in [2.45, 2.75) is 19.8 Å². The fourth-order valence-electron chi connectivity index (χ4n) is 6.75. The first-order valence-corrected chi connectivity index (χ1v) is 15.5. The van der Waals surface area contributed by atoms with E-state index >= 15 is 0 Å². The van der Waals surface area contributed by atoms with Crippen LogP contribution in [0.4, 0.5) is 0 Å². The Morgan fingerprint density at radius 1 is 0.477 bits per heavy atom. The van der Waals surface area contributed by atoms with Gasteiger partial charge in [0.25, 0.3) is 0 Å². The summed E-state index contributed by atoms with van der Waals surface area (Å²) in [5.41, 5.74) is 10.8. The molecule has 0 fully saturated rings. The maximum absolute atomic E-state index is 4.95. The quantitative estimate of drug-likeness (QED) is 0.184. The van der Waals surface area contributed by atoms with Crippen molar-refractivity contribution in [3.05, 3.63) is 157 Å². The van der Waals surface area contributed by atoms with Gasteiger partial charge in [-0.05, 0) is 91.7 Å². The number of nitrogens with zero attached hydrogens (tertiary/aromatic N) is 2. The molecule has 0 amide bonds. The number of fused-ring (bicyclic) bond motifs is 3. The first-order chi connectivity index (χ1) is 21.8. The molecule has 0 saturated carbocycles. The average Bonchev–Trinajstić information content (AvgIpc) is 3.46. The molecule has 0 atom stereocenters. The molecular weight excluding hydrogens is 532 g/mol. The minimum Gasteiger partial charge on any atom is -0.296 e. The first-order valence-electron chi connectivity index (χ1n) is 15.5. The van der Waals surface area contributed by atoms with Gasteiger partial charge in [0.2, 0.25) is 0 Å². The summed E-state index contributed by atoms with van der Waals surface area (Å²) < 4.78 is 2.31. The van der Waals surface area contributed by atoms with E-state index in [1.807, 2.05) is 0 Å². The van der Waals surface area contributed by atoms with Gasteiger partial charge in [0.15, 0.2) is 0 Å². The molecule has 0 unspecified atom stereocenters. The summed E-state index contributed by atoms with van der Waals surface area (Å²) in [6.45, 7) is 2.21. The maximum Gasteiger partial charge on any atom is 0.114 e. The molecule has 0 bridgehead atoms. The van der Waals surface area contributed by atoms with Crippen LogP contribution >= 0.6 is 0 Å². The highest BCUT2D eigenvalue weighted by atomic mass is 15.1. The van der Waals surface area contributed by atoms with Gasteiger partial charge in [0, 0.05) is 12.1 Å². The van der Waals surface area contributed by atoms with Crippen molar-refractivity contribution >= 4 is 32.6 Å². The third kappa shape index (κ3) is 4.39. The van der Waals surface area contributed by atoms with Gasteiger partial charge in [0.1, 0.15) is 5.82 Å². The van der Waals surface area contributed by atoms with Crippen molar-refractivity contribution in [3.8, 4) is 39.1 Å². The van der Waals surface area contributed by atoms with Crippen LogP contribution in [0.3, 0.4) is 0 Å². The molecule has 0 aliphatic rings. The normalized spacial score (nSPS) is 11.5. The number of para-hydroxylation sites is 2. The molecule has 0 radical (unpaired) electrons. The fraction of sp³-hybridized carbons (Fsp3) is 0.0714. The monoisotopic (exact) mass is 564 g/mol. The van der Waals surface area contributed by atoms with E-state index in [-0.39, 0.29) is 0 Å². The summed E-state index contributed by atoms with van der Waals surface area (Å²) in [5.74, 6) is 1.11. The van der Waals surface area contributed by atoms with E-state index in [2.05, 4.69) is 163 Å². The lowest BCUT2D eigenvalue weighted by Crippen LogP contribution is -2.01. The second kappa shape index (κ2) is 11.0. The Kier molecular flexibility index (Phi) is 6.53. The molecule has 8 rings (SSSR count). The molecule has 0 spiro atoms. The topological polar surface area (TPSA) is 17.8 Å². The Balaban J connectivity index is 1.33. The van der Waals surface area contributed by atoms with Crippen LogP contribution in [0.2, 0.25) is 0 Å². The molecule has 0 aliphatic heterocycles. The van der Waals surface area contributed by atoms with E-state index in [1.165, 1.54) is 54.9 Å². The van der Waals surface area contributed by atoms with Crippen molar-refractivity contribution in [1.82, 2.24) is 9.55 Å². The zero-order valence-electron chi connectivity index (χ0n) is 24.7. The highest BCUT2D eigenvalue weighted by molar-refractivity contribution is 6.21. The van der Waals surface area contributed by atoms with Crippen LogP contribution in [0.1, 0.15) is 19.2 Å². The molecule has 44 heavy (non-hydrogen) atoms. The van der Waals surface area contributed by atoms with Crippen LogP contribution in [0.5, 0.6) is 0 Å². The van der Waals surface area contributed by atoms with Gasteiger partial charge in [-0.25, -0.2) is 4.98 Å². The molecule has 2 heteroatoms. The second-order valence-corrected chi connectivity index (χ2v) is 11.4. The fourth-order valence-corrected chi connectivity index (χ4v) is 6.75. The number of benzene rings is 7. The first kappa shape index (κ1) is 26.2. The summed E-state index contributed by atoms with van der Waals surface area (Å²) >= 11 is 0. The summed E-state index contributed by atoms with van der Waals surface area (Å²) in [4.78, 5) is 4.95. The number of rotatable bonds is 6. The van der Waals surface area contributed by atoms with E-state index in [9.17, 15) is 0 Å². The highest BCUT2D eigenvalue weighted by Gasteiger charge is 2.17. The molecule has 7 aromatic carbocycles. The molecule has 0 saturated heterocycles. The molecule has 0 N–H and O–H groups in total. The number of aromatic nitrogens is 2. The Morgan fingerprint density at radius 3 is 1.68 bits per heavy atom. The predicted molar refractivity (Wildman–Crippen MR) is 186 cm³/mol. The van der Waals surface area contributed by atoms with Crippen molar-refractivity contribution in [1.29, 1.82) is 0 Å². The number of aryl methyl sites for hydroxylation is 1. The molecule has 210 valence electrons. The summed E-state index contributed by atoms with van der Waals surface area (Å²) in [6, 6.07) is 54.9. The summed E-state index contributed by atoms with van der Waals surface area (Å²) in [7, 11) is 0. The van der Waals surface area contributed by atoms with Crippen molar-refractivity contribution in [2.75, 3.05) is 0 Å². The smallest absolute Gasteiger partial charge is 0.114 e. The molecule has 0 aliphatic carbocycles. The zero-order chi connectivity index (χ0) is 29.5. The Morgan fingerprint density at radius 2 is 1.02 bits per heavy atom. The Hall–Kier alpha value is -5.47. The van der Waals surface area contributed by atoms with Crippen LogP contribution in [0.15, 0.2) is 152 Å². The Labute approximate surface area is 257 Å². The van der Waals surface area contributed by atoms with E-state index in [0.717, 1.165) is 35.4 Å². The standard InChI is InChI=1S/C42H32N2/c1-2-13-40-43-38-20-11-12-21-39(38)44(40)33-25-22-29(23-26-33)32-24-27-36-37(28-32)42(31-16-7-4-8-17-31)35-19-10-9-18-34(35)41(36)30-14-5-3-6-15-30/h3-12,14-28H,2,13H2,1H3. The number of hydrogen-bond donors (Lipinski definition) is 0. The lowest BCUT2D eigenvalue weighted by Gasteiger charge is -2.19. The van der Waals surface area contributed by atoms with Gasteiger partial charge < -0.3 is 0 Å². The van der Waals surface area contributed by atoms with E-state index in [1.54, 1.807) is 0 Å². The van der Waals surface area contributed by atoms with Gasteiger partial charge in [-0.3, -0.25) is 4.57 Å². The zero-order valence-corrected chi connectivity index (χ0v) is 24.7. The molecule has 1 aromatic heterocycles. The minimum atomic E-state index is 0.946. The average molecular weight is 565 g/mol. The summed E-state index contributed by atoms with van der Waals surface area (Å²) in [6.07, 6.45) is 2.00. The molecular formula is C42H32N2. The van der Waals surface area contributed by atoms with Crippen molar-refractivity contribution < 1.29 is 0 Å². The van der Waals surface area contributed by atoms with Crippen LogP contribution in [-0.4, -0.2) is 9.55 Å². The second-order valence-electron chi connectivity index (χ2n) is 11.4. The van der Waals surface area contributed by atoms with Gasteiger partial charge in [-0.15, -0.1) is 0 Å². The maximum atomic E-state index is 4.95. The largest absolute Gasteiger partial charge is 0.296 e. The van der Waals surface area contributed by atoms with Gasteiger partial charge in [-0.2, -0.15) is 0 Å². The number of imidazole rings is 1. The lowest BCUT2D eigenvalue weighted by atomic mass is 9.85. The van der Waals surface area contributed by atoms with Crippen molar-refractivity contribution in [3.63, 3.8) is 0 Å². The van der Waals surface area contributed by atoms with Crippen LogP contribution < -0.4 is 0 Å². The highest BCUT2D eigenvalue weighted by Crippen LogP contribution is 2.44. The Bertz CT molecular complexity index is 2260. The lowest BCUT2D eigenvalue weighted by molar-refractivity contribution is 0.818.